The molecule has 0 bridgehead atoms. The fourth-order valence-corrected chi connectivity index (χ4v) is 3.41. The number of amides is 1. The van der Waals surface area contributed by atoms with Crippen molar-refractivity contribution in [2.75, 3.05) is 6.26 Å². The van der Waals surface area contributed by atoms with Gasteiger partial charge in [-0.25, -0.2) is 0 Å². The summed E-state index contributed by atoms with van der Waals surface area (Å²) in [6, 6.07) is -0.704. The zero-order chi connectivity index (χ0) is 13.8. The summed E-state index contributed by atoms with van der Waals surface area (Å²) in [6.45, 7) is 3.45. The number of hydrogen-bond donors (Lipinski definition) is 1. The first-order chi connectivity index (χ1) is 8.37. The molecule has 1 fully saturated rings. The molecule has 1 N–H and O–H groups in total. The van der Waals surface area contributed by atoms with Crippen molar-refractivity contribution in [3.63, 3.8) is 0 Å². The minimum Gasteiger partial charge on any atom is -0.336 e. The fraction of sp³-hybridized carbons (Fsp3) is 0.833. The van der Waals surface area contributed by atoms with Gasteiger partial charge in [0.05, 0.1) is 4.75 Å². The Labute approximate surface area is 115 Å². The number of hydrogen-bond acceptors (Lipinski definition) is 4. The van der Waals surface area contributed by atoms with E-state index in [1.54, 1.807) is 20.1 Å². The highest BCUT2D eigenvalue weighted by Crippen LogP contribution is 2.30. The third kappa shape index (κ3) is 4.09. The molecule has 104 valence electrons. The van der Waals surface area contributed by atoms with E-state index in [1.165, 1.54) is 24.6 Å². The molecule has 0 saturated heterocycles. The van der Waals surface area contributed by atoms with Gasteiger partial charge in [-0.3, -0.25) is 9.00 Å². The minimum atomic E-state index is -1.18. The van der Waals surface area contributed by atoms with Gasteiger partial charge in [0.2, 0.25) is 0 Å². The molecule has 0 aliphatic heterocycles. The SMILES string of the molecule is CS(=O)C(C)(C)C(C=O)NC(=O)SC1CCCC1. The molecule has 18 heavy (non-hydrogen) atoms. The predicted octanol–water partition coefficient (Wildman–Crippen LogP) is 2.10. The van der Waals surface area contributed by atoms with Crippen molar-refractivity contribution in [3.8, 4) is 0 Å². The van der Waals surface area contributed by atoms with Crippen LogP contribution in [-0.4, -0.2) is 38.0 Å². The van der Waals surface area contributed by atoms with Crippen molar-refractivity contribution < 1.29 is 13.8 Å². The number of aldehydes is 1. The Bertz CT molecular complexity index is 338. The van der Waals surface area contributed by atoms with Gasteiger partial charge in [-0.1, -0.05) is 24.6 Å². The van der Waals surface area contributed by atoms with Gasteiger partial charge in [0, 0.05) is 22.3 Å². The quantitative estimate of drug-likeness (QED) is 0.788. The van der Waals surface area contributed by atoms with Gasteiger partial charge < -0.3 is 10.1 Å². The first kappa shape index (κ1) is 15.7. The van der Waals surface area contributed by atoms with Crippen LogP contribution in [0.4, 0.5) is 4.79 Å². The van der Waals surface area contributed by atoms with Crippen LogP contribution in [0.2, 0.25) is 0 Å². The maximum Gasteiger partial charge on any atom is 0.279 e. The van der Waals surface area contributed by atoms with E-state index in [-0.39, 0.29) is 5.24 Å². The number of carbonyl (C=O) groups is 2. The van der Waals surface area contributed by atoms with Crippen molar-refractivity contribution in [3.05, 3.63) is 0 Å². The van der Waals surface area contributed by atoms with Gasteiger partial charge in [-0.2, -0.15) is 0 Å². The van der Waals surface area contributed by atoms with Crippen LogP contribution in [0.25, 0.3) is 0 Å². The molecule has 6 heteroatoms. The van der Waals surface area contributed by atoms with Gasteiger partial charge in [0.25, 0.3) is 5.24 Å². The maximum atomic E-state index is 11.8. The lowest BCUT2D eigenvalue weighted by Crippen LogP contribution is -2.51. The van der Waals surface area contributed by atoms with E-state index in [0.717, 1.165) is 12.8 Å². The van der Waals surface area contributed by atoms with Crippen molar-refractivity contribution in [1.29, 1.82) is 0 Å². The topological polar surface area (TPSA) is 63.2 Å². The van der Waals surface area contributed by atoms with Crippen LogP contribution in [0.3, 0.4) is 0 Å². The van der Waals surface area contributed by atoms with Crippen molar-refractivity contribution >= 4 is 34.1 Å². The summed E-state index contributed by atoms with van der Waals surface area (Å²) in [4.78, 5) is 22.9. The molecule has 1 aliphatic carbocycles. The van der Waals surface area contributed by atoms with E-state index >= 15 is 0 Å². The van der Waals surface area contributed by atoms with Crippen LogP contribution in [0.5, 0.6) is 0 Å². The minimum absolute atomic E-state index is 0.183. The average molecular weight is 291 g/mol. The van der Waals surface area contributed by atoms with E-state index in [9.17, 15) is 13.8 Å². The Hall–Kier alpha value is -0.360. The van der Waals surface area contributed by atoms with Crippen LogP contribution in [0, 0.1) is 0 Å². The molecule has 2 unspecified atom stereocenters. The molecule has 1 rings (SSSR count). The molecule has 1 aliphatic rings. The normalized spacial score (nSPS) is 20.4. The third-order valence-corrected chi connectivity index (χ3v) is 6.35. The highest BCUT2D eigenvalue weighted by atomic mass is 32.2. The Morgan fingerprint density at radius 2 is 2.00 bits per heavy atom. The van der Waals surface area contributed by atoms with Crippen LogP contribution >= 0.6 is 11.8 Å². The number of carbonyl (C=O) groups excluding carboxylic acids is 2. The smallest absolute Gasteiger partial charge is 0.279 e. The Morgan fingerprint density at radius 3 is 2.44 bits per heavy atom. The summed E-state index contributed by atoms with van der Waals surface area (Å²) in [6.07, 6.45) is 6.69. The molecular formula is C12H21NO3S2. The van der Waals surface area contributed by atoms with E-state index in [0.29, 0.717) is 11.5 Å². The second kappa shape index (κ2) is 6.70. The third-order valence-electron chi connectivity index (χ3n) is 3.48. The Kier molecular flexibility index (Phi) is 5.85. The Balaban J connectivity index is 2.54. The summed E-state index contributed by atoms with van der Waals surface area (Å²) in [7, 11) is -1.18. The van der Waals surface area contributed by atoms with E-state index in [2.05, 4.69) is 5.32 Å². The summed E-state index contributed by atoms with van der Waals surface area (Å²) in [5.41, 5.74) is 0. The Morgan fingerprint density at radius 1 is 1.44 bits per heavy atom. The molecule has 4 nitrogen and oxygen atoms in total. The predicted molar refractivity (Wildman–Crippen MR) is 76.4 cm³/mol. The monoisotopic (exact) mass is 291 g/mol. The molecule has 1 saturated carbocycles. The average Bonchev–Trinajstić information content (AvgIpc) is 2.78. The van der Waals surface area contributed by atoms with Crippen LogP contribution in [0.15, 0.2) is 0 Å². The largest absolute Gasteiger partial charge is 0.336 e. The molecule has 0 radical (unpaired) electrons. The highest BCUT2D eigenvalue weighted by molar-refractivity contribution is 8.14. The van der Waals surface area contributed by atoms with E-state index in [1.807, 2.05) is 0 Å². The van der Waals surface area contributed by atoms with E-state index < -0.39 is 21.6 Å². The van der Waals surface area contributed by atoms with Crippen molar-refractivity contribution in [2.24, 2.45) is 0 Å². The molecule has 1 amide bonds. The highest BCUT2D eigenvalue weighted by Gasteiger charge is 2.35. The van der Waals surface area contributed by atoms with Crippen LogP contribution < -0.4 is 5.32 Å². The molecule has 0 aromatic carbocycles. The summed E-state index contributed by atoms with van der Waals surface area (Å²) >= 11 is 1.27. The second-order valence-corrected chi connectivity index (χ2v) is 8.36. The van der Waals surface area contributed by atoms with E-state index in [4.69, 9.17) is 0 Å². The van der Waals surface area contributed by atoms with Gasteiger partial charge in [0.1, 0.15) is 12.3 Å². The summed E-state index contributed by atoms with van der Waals surface area (Å²) in [5.74, 6) is 0. The van der Waals surface area contributed by atoms with Gasteiger partial charge in [0.15, 0.2) is 0 Å². The first-order valence-electron chi connectivity index (χ1n) is 6.14. The summed E-state index contributed by atoms with van der Waals surface area (Å²) < 4.78 is 10.8. The molecule has 0 spiro atoms. The molecule has 0 aromatic rings. The van der Waals surface area contributed by atoms with Crippen LogP contribution in [-0.2, 0) is 15.6 Å². The molecule has 2 atom stereocenters. The van der Waals surface area contributed by atoms with Crippen LogP contribution in [0.1, 0.15) is 39.5 Å². The second-order valence-electron chi connectivity index (χ2n) is 5.13. The van der Waals surface area contributed by atoms with Gasteiger partial charge >= 0.3 is 0 Å². The lowest BCUT2D eigenvalue weighted by atomic mass is 10.1. The zero-order valence-electron chi connectivity index (χ0n) is 11.1. The number of rotatable bonds is 5. The first-order valence-corrected chi connectivity index (χ1v) is 8.57. The standard InChI is InChI=1S/C12H21NO3S2/c1-12(2,18(3)16)10(8-14)13-11(15)17-9-6-4-5-7-9/h8-10H,4-7H2,1-3H3,(H,13,15). The van der Waals surface area contributed by atoms with Crippen molar-refractivity contribution in [1.82, 2.24) is 5.32 Å². The lowest BCUT2D eigenvalue weighted by molar-refractivity contribution is -0.109. The number of thioether (sulfide) groups is 1. The van der Waals surface area contributed by atoms with Crippen molar-refractivity contribution in [2.45, 2.75) is 55.6 Å². The number of nitrogens with one attached hydrogen (secondary N) is 1. The van der Waals surface area contributed by atoms with Gasteiger partial charge in [-0.05, 0) is 26.7 Å². The summed E-state index contributed by atoms with van der Waals surface area (Å²) in [5, 5.41) is 2.86. The molecular weight excluding hydrogens is 270 g/mol. The van der Waals surface area contributed by atoms with Gasteiger partial charge in [-0.15, -0.1) is 0 Å². The fourth-order valence-electron chi connectivity index (χ4n) is 1.87. The molecule has 0 heterocycles. The molecule has 0 aromatic heterocycles. The maximum absolute atomic E-state index is 11.8. The lowest BCUT2D eigenvalue weighted by Gasteiger charge is -2.29. The zero-order valence-corrected chi connectivity index (χ0v) is 12.7.